The Hall–Kier alpha value is -1.45. The largest absolute Gasteiger partial charge is 0.369 e. The van der Waals surface area contributed by atoms with Crippen LogP contribution in [0.3, 0.4) is 0 Å². The van der Waals surface area contributed by atoms with E-state index in [0.717, 1.165) is 18.9 Å². The van der Waals surface area contributed by atoms with Crippen molar-refractivity contribution in [3.05, 3.63) is 17.8 Å². The molecule has 1 aliphatic heterocycles. The van der Waals surface area contributed by atoms with Gasteiger partial charge in [0.15, 0.2) is 0 Å². The smallest absolute Gasteiger partial charge is 0.224 e. The summed E-state index contributed by atoms with van der Waals surface area (Å²) in [6.45, 7) is 3.52. The molecule has 0 bridgehead atoms. The first kappa shape index (κ1) is 8.16. The third-order valence-corrected chi connectivity index (χ3v) is 2.44. The number of nitrogens with two attached hydrogens (primary N) is 1. The van der Waals surface area contributed by atoms with Gasteiger partial charge in [-0.1, -0.05) is 0 Å². The van der Waals surface area contributed by atoms with Gasteiger partial charge < -0.3 is 15.6 Å². The highest BCUT2D eigenvalue weighted by atomic mass is 16.1. The van der Waals surface area contributed by atoms with Gasteiger partial charge in [-0.3, -0.25) is 4.79 Å². The summed E-state index contributed by atoms with van der Waals surface area (Å²) in [7, 11) is 0. The van der Waals surface area contributed by atoms with Crippen molar-refractivity contribution >= 4 is 11.7 Å². The maximum absolute atomic E-state index is 10.7. The molecule has 1 saturated heterocycles. The molecule has 4 heteroatoms. The zero-order valence-corrected chi connectivity index (χ0v) is 7.58. The first-order valence-electron chi connectivity index (χ1n) is 4.36. The zero-order valence-electron chi connectivity index (χ0n) is 7.58. The molecule has 0 spiro atoms. The number of rotatable bonds is 2. The quantitative estimate of drug-likeness (QED) is 0.683. The Morgan fingerprint density at radius 1 is 1.69 bits per heavy atom. The van der Waals surface area contributed by atoms with E-state index in [1.807, 2.05) is 13.1 Å². The molecule has 70 valence electrons. The predicted octanol–water partition coefficient (Wildman–Crippen LogP) is 0.245. The molecule has 3 N–H and O–H groups in total. The summed E-state index contributed by atoms with van der Waals surface area (Å²) in [6, 6.07) is 2.07. The van der Waals surface area contributed by atoms with Crippen molar-refractivity contribution in [1.82, 2.24) is 4.98 Å². The first-order valence-corrected chi connectivity index (χ1v) is 4.36. The standard InChI is InChI=1S/C9H13N3O/c1-6-2-8(11-3-6)12-4-7(5-12)9(10)13/h2-3,7,11H,4-5H2,1H3,(H2,10,13). The fraction of sp³-hybridized carbons (Fsp3) is 0.444. The molecule has 13 heavy (non-hydrogen) atoms. The fourth-order valence-corrected chi connectivity index (χ4v) is 1.52. The second-order valence-corrected chi connectivity index (χ2v) is 3.57. The van der Waals surface area contributed by atoms with Crippen LogP contribution in [0.1, 0.15) is 5.56 Å². The number of hydrogen-bond donors (Lipinski definition) is 2. The van der Waals surface area contributed by atoms with Crippen LogP contribution in [0.4, 0.5) is 5.82 Å². The van der Waals surface area contributed by atoms with Crippen molar-refractivity contribution < 1.29 is 4.79 Å². The number of carbonyl (C=O) groups excluding carboxylic acids is 1. The van der Waals surface area contributed by atoms with Crippen LogP contribution in [0.15, 0.2) is 12.3 Å². The molecule has 1 aromatic rings. The molecule has 0 radical (unpaired) electrons. The van der Waals surface area contributed by atoms with Crippen molar-refractivity contribution in [3.63, 3.8) is 0 Å². The van der Waals surface area contributed by atoms with Crippen LogP contribution in [0.25, 0.3) is 0 Å². The second kappa shape index (κ2) is 2.80. The van der Waals surface area contributed by atoms with Crippen LogP contribution in [-0.4, -0.2) is 24.0 Å². The minimum absolute atomic E-state index is 0.0311. The summed E-state index contributed by atoms with van der Waals surface area (Å²) in [5.41, 5.74) is 6.37. The molecule has 1 aromatic heterocycles. The Morgan fingerprint density at radius 2 is 2.38 bits per heavy atom. The van der Waals surface area contributed by atoms with Crippen LogP contribution in [0.5, 0.6) is 0 Å². The van der Waals surface area contributed by atoms with E-state index in [4.69, 9.17) is 5.73 Å². The lowest BCUT2D eigenvalue weighted by molar-refractivity contribution is -0.122. The SMILES string of the molecule is Cc1c[nH]c(N2CC(C(N)=O)C2)c1. The average molecular weight is 179 g/mol. The van der Waals surface area contributed by atoms with Crippen LogP contribution >= 0.6 is 0 Å². The van der Waals surface area contributed by atoms with Crippen LogP contribution in [0.2, 0.25) is 0 Å². The second-order valence-electron chi connectivity index (χ2n) is 3.57. The lowest BCUT2D eigenvalue weighted by Gasteiger charge is -2.38. The number of anilines is 1. The highest BCUT2D eigenvalue weighted by molar-refractivity contribution is 5.80. The summed E-state index contributed by atoms with van der Waals surface area (Å²) in [5, 5.41) is 0. The number of primary amides is 1. The molecule has 0 atom stereocenters. The molecule has 1 fully saturated rings. The molecule has 0 aromatic carbocycles. The Morgan fingerprint density at radius 3 is 2.85 bits per heavy atom. The van der Waals surface area contributed by atoms with Gasteiger partial charge in [-0.2, -0.15) is 0 Å². The van der Waals surface area contributed by atoms with Crippen LogP contribution in [0, 0.1) is 12.8 Å². The minimum Gasteiger partial charge on any atom is -0.369 e. The Labute approximate surface area is 76.7 Å². The van der Waals surface area contributed by atoms with E-state index < -0.39 is 0 Å². The average Bonchev–Trinajstić information content (AvgIpc) is 2.31. The molecular formula is C9H13N3O. The number of H-pyrrole nitrogens is 1. The Bertz CT molecular complexity index is 325. The van der Waals surface area contributed by atoms with E-state index in [0.29, 0.717) is 0 Å². The van der Waals surface area contributed by atoms with Gasteiger partial charge >= 0.3 is 0 Å². The van der Waals surface area contributed by atoms with Gasteiger partial charge in [0.1, 0.15) is 5.82 Å². The lowest BCUT2D eigenvalue weighted by Crippen LogP contribution is -2.52. The maximum atomic E-state index is 10.7. The van der Waals surface area contributed by atoms with Gasteiger partial charge in [0.05, 0.1) is 5.92 Å². The number of amides is 1. The van der Waals surface area contributed by atoms with E-state index >= 15 is 0 Å². The van der Waals surface area contributed by atoms with Crippen molar-refractivity contribution in [1.29, 1.82) is 0 Å². The van der Waals surface area contributed by atoms with Crippen LogP contribution < -0.4 is 10.6 Å². The van der Waals surface area contributed by atoms with E-state index in [9.17, 15) is 4.79 Å². The number of aryl methyl sites for hydroxylation is 1. The van der Waals surface area contributed by atoms with Gasteiger partial charge in [0.2, 0.25) is 5.91 Å². The molecule has 0 saturated carbocycles. The summed E-state index contributed by atoms with van der Waals surface area (Å²) < 4.78 is 0. The van der Waals surface area contributed by atoms with E-state index in [2.05, 4.69) is 16.0 Å². The molecule has 0 unspecified atom stereocenters. The van der Waals surface area contributed by atoms with Crippen LogP contribution in [-0.2, 0) is 4.79 Å². The molecular weight excluding hydrogens is 166 g/mol. The minimum atomic E-state index is -0.195. The van der Waals surface area contributed by atoms with Crippen molar-refractivity contribution in [2.75, 3.05) is 18.0 Å². The van der Waals surface area contributed by atoms with Gasteiger partial charge in [-0.15, -0.1) is 0 Å². The Balaban J connectivity index is 1.97. The Kier molecular flexibility index (Phi) is 1.76. The molecule has 1 amide bonds. The molecule has 4 nitrogen and oxygen atoms in total. The third-order valence-electron chi connectivity index (χ3n) is 2.44. The van der Waals surface area contributed by atoms with E-state index in [-0.39, 0.29) is 11.8 Å². The third kappa shape index (κ3) is 1.39. The number of carbonyl (C=O) groups is 1. The van der Waals surface area contributed by atoms with E-state index in [1.54, 1.807) is 0 Å². The lowest BCUT2D eigenvalue weighted by atomic mass is 10.00. The predicted molar refractivity (Wildman–Crippen MR) is 50.4 cm³/mol. The monoisotopic (exact) mass is 179 g/mol. The highest BCUT2D eigenvalue weighted by Crippen LogP contribution is 2.23. The zero-order chi connectivity index (χ0) is 9.42. The molecule has 2 heterocycles. The van der Waals surface area contributed by atoms with Gasteiger partial charge in [0.25, 0.3) is 0 Å². The van der Waals surface area contributed by atoms with Crippen molar-refractivity contribution in [3.8, 4) is 0 Å². The maximum Gasteiger partial charge on any atom is 0.224 e. The number of nitrogens with zero attached hydrogens (tertiary/aromatic N) is 1. The summed E-state index contributed by atoms with van der Waals surface area (Å²) in [6.07, 6.45) is 1.95. The normalized spacial score (nSPS) is 17.2. The first-order chi connectivity index (χ1) is 6.16. The topological polar surface area (TPSA) is 62.1 Å². The summed E-state index contributed by atoms with van der Waals surface area (Å²) in [4.78, 5) is 16.0. The number of nitrogens with one attached hydrogen (secondary N) is 1. The van der Waals surface area contributed by atoms with Crippen molar-refractivity contribution in [2.24, 2.45) is 11.7 Å². The van der Waals surface area contributed by atoms with Gasteiger partial charge in [0, 0.05) is 19.3 Å². The summed E-state index contributed by atoms with van der Waals surface area (Å²) >= 11 is 0. The van der Waals surface area contributed by atoms with E-state index in [1.165, 1.54) is 5.56 Å². The van der Waals surface area contributed by atoms with Gasteiger partial charge in [-0.25, -0.2) is 0 Å². The van der Waals surface area contributed by atoms with Gasteiger partial charge in [-0.05, 0) is 18.6 Å². The molecule has 1 aliphatic rings. The van der Waals surface area contributed by atoms with Crippen molar-refractivity contribution in [2.45, 2.75) is 6.92 Å². The molecule has 2 rings (SSSR count). The number of aromatic nitrogens is 1. The fourth-order valence-electron chi connectivity index (χ4n) is 1.52. The summed E-state index contributed by atoms with van der Waals surface area (Å²) in [5.74, 6) is 0.915. The number of aromatic amines is 1. The highest BCUT2D eigenvalue weighted by Gasteiger charge is 2.31. The molecule has 0 aliphatic carbocycles. The number of hydrogen-bond acceptors (Lipinski definition) is 2.